The van der Waals surface area contributed by atoms with Crippen molar-refractivity contribution < 1.29 is 12.8 Å². The van der Waals surface area contributed by atoms with E-state index in [1.54, 1.807) is 12.3 Å². The number of hydrogen-bond donors (Lipinski definition) is 1. The Kier molecular flexibility index (Phi) is 4.27. The van der Waals surface area contributed by atoms with Gasteiger partial charge in [0, 0.05) is 54.2 Å². The lowest BCUT2D eigenvalue weighted by molar-refractivity contribution is 0.445. The Bertz CT molecular complexity index is 1310. The van der Waals surface area contributed by atoms with Crippen LogP contribution < -0.4 is 4.90 Å². The first-order valence-electron chi connectivity index (χ1n) is 9.93. The molecule has 0 bridgehead atoms. The van der Waals surface area contributed by atoms with E-state index in [9.17, 15) is 12.8 Å². The Morgan fingerprint density at radius 3 is 2.73 bits per heavy atom. The number of aromatic nitrogens is 2. The van der Waals surface area contributed by atoms with Crippen LogP contribution in [0.4, 0.5) is 10.1 Å². The van der Waals surface area contributed by atoms with E-state index in [4.69, 9.17) is 0 Å². The molecule has 8 heteroatoms. The molecule has 2 aliphatic heterocycles. The highest BCUT2D eigenvalue weighted by atomic mass is 32.2. The molecule has 1 atom stereocenters. The van der Waals surface area contributed by atoms with Crippen LogP contribution in [-0.2, 0) is 10.0 Å². The summed E-state index contributed by atoms with van der Waals surface area (Å²) in [6.07, 6.45) is 5.59. The fourth-order valence-electron chi connectivity index (χ4n) is 4.65. The van der Waals surface area contributed by atoms with E-state index >= 15 is 0 Å². The van der Waals surface area contributed by atoms with Crippen LogP contribution in [0.25, 0.3) is 27.7 Å². The predicted molar refractivity (Wildman–Crippen MR) is 117 cm³/mol. The smallest absolute Gasteiger partial charge is 0.211 e. The van der Waals surface area contributed by atoms with Crippen molar-refractivity contribution in [1.29, 1.82) is 0 Å². The van der Waals surface area contributed by atoms with Crippen molar-refractivity contribution in [2.75, 3.05) is 31.3 Å². The molecule has 0 aliphatic carbocycles. The van der Waals surface area contributed by atoms with E-state index in [0.717, 1.165) is 44.7 Å². The Hall–Kier alpha value is -2.71. The fraction of sp³-hybridized carbons (Fsp3) is 0.318. The molecule has 0 amide bonds. The topological polar surface area (TPSA) is 69.3 Å². The standard InChI is InChI=1S/C22H23FN4O2S/c1-13-19-20-16(17-12-15(23)4-5-18(17)26(13)2)6-9-24-22(20)25-21(19)14-7-10-27(11-8-14)30(3,28)29/h4-7,9,12-13H,8,10-11H2,1-3H3,(H,24,25). The number of anilines is 1. The van der Waals surface area contributed by atoms with E-state index in [-0.39, 0.29) is 11.9 Å². The normalized spacial score (nSPS) is 19.5. The lowest BCUT2D eigenvalue weighted by Gasteiger charge is -2.29. The molecule has 2 aromatic heterocycles. The first-order valence-corrected chi connectivity index (χ1v) is 11.8. The first-order chi connectivity index (χ1) is 14.3. The minimum absolute atomic E-state index is 0.0252. The second-order valence-electron chi connectivity index (χ2n) is 8.04. The number of sulfonamides is 1. The van der Waals surface area contributed by atoms with Crippen LogP contribution in [0.15, 0.2) is 36.5 Å². The Morgan fingerprint density at radius 2 is 2.03 bits per heavy atom. The van der Waals surface area contributed by atoms with Gasteiger partial charge in [-0.25, -0.2) is 17.8 Å². The molecule has 1 unspecified atom stereocenters. The zero-order chi connectivity index (χ0) is 21.2. The highest BCUT2D eigenvalue weighted by Crippen LogP contribution is 2.47. The Morgan fingerprint density at radius 1 is 1.23 bits per heavy atom. The highest BCUT2D eigenvalue weighted by Gasteiger charge is 2.31. The van der Waals surface area contributed by atoms with E-state index in [1.807, 2.05) is 25.3 Å². The molecule has 0 spiro atoms. The minimum Gasteiger partial charge on any atom is -0.367 e. The van der Waals surface area contributed by atoms with Gasteiger partial charge >= 0.3 is 0 Å². The summed E-state index contributed by atoms with van der Waals surface area (Å²) in [4.78, 5) is 10.2. The van der Waals surface area contributed by atoms with Crippen LogP contribution in [0.2, 0.25) is 0 Å². The van der Waals surface area contributed by atoms with Crippen molar-refractivity contribution >= 4 is 32.3 Å². The number of nitrogens with one attached hydrogen (secondary N) is 1. The van der Waals surface area contributed by atoms with Crippen LogP contribution >= 0.6 is 0 Å². The second-order valence-corrected chi connectivity index (χ2v) is 10.0. The predicted octanol–water partition coefficient (Wildman–Crippen LogP) is 3.93. The summed E-state index contributed by atoms with van der Waals surface area (Å²) >= 11 is 0. The number of rotatable bonds is 2. The van der Waals surface area contributed by atoms with Crippen molar-refractivity contribution in [1.82, 2.24) is 14.3 Å². The largest absolute Gasteiger partial charge is 0.367 e. The van der Waals surface area contributed by atoms with Gasteiger partial charge in [-0.1, -0.05) is 6.08 Å². The Labute approximate surface area is 175 Å². The Balaban J connectivity index is 1.73. The molecule has 6 nitrogen and oxygen atoms in total. The van der Waals surface area contributed by atoms with Crippen LogP contribution in [-0.4, -0.2) is 49.1 Å². The molecular weight excluding hydrogens is 403 g/mol. The molecule has 156 valence electrons. The molecule has 1 N–H and O–H groups in total. The molecule has 5 rings (SSSR count). The molecule has 0 radical (unpaired) electrons. The molecular formula is C22H23FN4O2S. The maximum Gasteiger partial charge on any atom is 0.211 e. The highest BCUT2D eigenvalue weighted by molar-refractivity contribution is 7.88. The third-order valence-electron chi connectivity index (χ3n) is 6.32. The lowest BCUT2D eigenvalue weighted by atomic mass is 9.95. The van der Waals surface area contributed by atoms with Crippen molar-refractivity contribution in [3.05, 3.63) is 53.6 Å². The van der Waals surface area contributed by atoms with Crippen molar-refractivity contribution in [2.45, 2.75) is 19.4 Å². The molecule has 4 heterocycles. The van der Waals surface area contributed by atoms with Crippen molar-refractivity contribution in [2.24, 2.45) is 0 Å². The number of H-pyrrole nitrogens is 1. The third kappa shape index (κ3) is 2.86. The lowest BCUT2D eigenvalue weighted by Crippen LogP contribution is -2.33. The van der Waals surface area contributed by atoms with E-state index in [1.165, 1.54) is 16.6 Å². The van der Waals surface area contributed by atoms with Gasteiger partial charge in [0.25, 0.3) is 0 Å². The second kappa shape index (κ2) is 6.65. The van der Waals surface area contributed by atoms with E-state index in [2.05, 4.69) is 21.8 Å². The van der Waals surface area contributed by atoms with Crippen LogP contribution in [0.1, 0.15) is 30.6 Å². The maximum atomic E-state index is 14.1. The number of nitrogens with zero attached hydrogens (tertiary/aromatic N) is 3. The maximum absolute atomic E-state index is 14.1. The summed E-state index contributed by atoms with van der Waals surface area (Å²) in [5.41, 5.74) is 6.74. The number of aromatic amines is 1. The zero-order valence-corrected chi connectivity index (χ0v) is 17.9. The van der Waals surface area contributed by atoms with E-state index < -0.39 is 10.0 Å². The number of pyridine rings is 1. The monoisotopic (exact) mass is 426 g/mol. The summed E-state index contributed by atoms with van der Waals surface area (Å²) in [6.45, 7) is 2.95. The number of fused-ring (bicyclic) bond motifs is 2. The average Bonchev–Trinajstić information content (AvgIpc) is 3.08. The summed E-state index contributed by atoms with van der Waals surface area (Å²) in [5, 5.41) is 1.00. The zero-order valence-electron chi connectivity index (χ0n) is 17.1. The minimum atomic E-state index is -3.21. The van der Waals surface area contributed by atoms with Gasteiger partial charge in [-0.2, -0.15) is 4.31 Å². The summed E-state index contributed by atoms with van der Waals surface area (Å²) < 4.78 is 39.4. The first kappa shape index (κ1) is 19.3. The van der Waals surface area contributed by atoms with Crippen molar-refractivity contribution in [3.8, 4) is 11.1 Å². The van der Waals surface area contributed by atoms with Gasteiger partial charge in [-0.05, 0) is 48.7 Å². The quantitative estimate of drug-likeness (QED) is 0.674. The van der Waals surface area contributed by atoms with Crippen molar-refractivity contribution in [3.63, 3.8) is 0 Å². The molecule has 2 aliphatic rings. The third-order valence-corrected chi connectivity index (χ3v) is 7.59. The van der Waals surface area contributed by atoms with Gasteiger partial charge in [0.15, 0.2) is 0 Å². The van der Waals surface area contributed by atoms with Gasteiger partial charge in [0.05, 0.1) is 12.3 Å². The average molecular weight is 427 g/mol. The fourth-order valence-corrected chi connectivity index (χ4v) is 5.42. The van der Waals surface area contributed by atoms with Crippen LogP contribution in [0, 0.1) is 5.82 Å². The molecule has 30 heavy (non-hydrogen) atoms. The van der Waals surface area contributed by atoms with Gasteiger partial charge in [-0.3, -0.25) is 0 Å². The van der Waals surface area contributed by atoms with Crippen LogP contribution in [0.3, 0.4) is 0 Å². The van der Waals surface area contributed by atoms with Gasteiger partial charge in [-0.15, -0.1) is 0 Å². The number of hydrogen-bond acceptors (Lipinski definition) is 4. The SMILES string of the molecule is CC1c2c(C3=CCN(S(C)(=O)=O)CC3)[nH]c3nccc(c23)-c2cc(F)ccc2N1C. The van der Waals surface area contributed by atoms with Gasteiger partial charge in [0.2, 0.25) is 10.0 Å². The van der Waals surface area contributed by atoms with Crippen LogP contribution in [0.5, 0.6) is 0 Å². The van der Waals surface area contributed by atoms with Gasteiger partial charge < -0.3 is 9.88 Å². The molecule has 0 saturated carbocycles. The van der Waals surface area contributed by atoms with E-state index in [0.29, 0.717) is 19.5 Å². The molecule has 0 fully saturated rings. The summed E-state index contributed by atoms with van der Waals surface area (Å²) in [6, 6.07) is 6.87. The molecule has 1 aromatic carbocycles. The molecule has 3 aromatic rings. The summed E-state index contributed by atoms with van der Waals surface area (Å²) in [7, 11) is -1.19. The molecule has 0 saturated heterocycles. The number of benzene rings is 1. The summed E-state index contributed by atoms with van der Waals surface area (Å²) in [5.74, 6) is -0.269. The van der Waals surface area contributed by atoms with Gasteiger partial charge in [0.1, 0.15) is 11.5 Å². The number of halogens is 1.